The molecule has 0 fully saturated rings. The van der Waals surface area contributed by atoms with E-state index < -0.39 is 0 Å². The monoisotopic (exact) mass is 257 g/mol. The Hall–Kier alpha value is -1.94. The van der Waals surface area contributed by atoms with Crippen molar-refractivity contribution in [2.45, 2.75) is 19.3 Å². The van der Waals surface area contributed by atoms with E-state index in [0.29, 0.717) is 13.0 Å². The Bertz CT molecular complexity index is 543. The van der Waals surface area contributed by atoms with E-state index in [4.69, 9.17) is 5.73 Å². The second-order valence-corrected chi connectivity index (χ2v) is 4.68. The molecule has 0 unspecified atom stereocenters. The molecule has 1 aromatic carbocycles. The highest BCUT2D eigenvalue weighted by Crippen LogP contribution is 2.10. The zero-order chi connectivity index (χ0) is 13.7. The topological polar surface area (TPSA) is 60.9 Å². The van der Waals surface area contributed by atoms with E-state index in [1.807, 2.05) is 37.5 Å². The molecule has 0 bridgehead atoms. The Labute approximate surface area is 113 Å². The van der Waals surface area contributed by atoms with Gasteiger partial charge in [0.2, 0.25) is 0 Å². The van der Waals surface area contributed by atoms with E-state index in [2.05, 4.69) is 5.10 Å². The number of rotatable bonds is 6. The minimum atomic E-state index is 0.170. The minimum Gasteiger partial charge on any atom is -0.330 e. The van der Waals surface area contributed by atoms with Crippen LogP contribution >= 0.6 is 0 Å². The lowest BCUT2D eigenvalue weighted by Crippen LogP contribution is -2.04. The first kappa shape index (κ1) is 13.5. The molecule has 0 aliphatic heterocycles. The standard InChI is InChI=1S/C15H19N3O/c1-18-11-13(10-17-18)4-7-15(19)14-5-2-12(3-6-14)8-9-16/h2-3,5-6,10-11H,4,7-9,16H2,1H3. The number of aryl methyl sites for hydroxylation is 2. The lowest BCUT2D eigenvalue weighted by molar-refractivity contribution is 0.0983. The average molecular weight is 257 g/mol. The lowest BCUT2D eigenvalue weighted by Gasteiger charge is -2.02. The Morgan fingerprint density at radius 3 is 2.53 bits per heavy atom. The fourth-order valence-electron chi connectivity index (χ4n) is 2.03. The van der Waals surface area contributed by atoms with E-state index >= 15 is 0 Å². The second-order valence-electron chi connectivity index (χ2n) is 4.68. The number of carbonyl (C=O) groups is 1. The summed E-state index contributed by atoms with van der Waals surface area (Å²) >= 11 is 0. The molecule has 4 heteroatoms. The van der Waals surface area contributed by atoms with Crippen molar-refractivity contribution in [3.05, 3.63) is 53.3 Å². The number of Topliss-reactive ketones (excluding diaryl/α,β-unsaturated/α-hetero) is 1. The molecule has 0 saturated heterocycles. The Morgan fingerprint density at radius 2 is 1.95 bits per heavy atom. The van der Waals surface area contributed by atoms with Gasteiger partial charge in [-0.2, -0.15) is 5.10 Å². The summed E-state index contributed by atoms with van der Waals surface area (Å²) in [7, 11) is 1.88. The Balaban J connectivity index is 1.92. The molecule has 0 aliphatic rings. The molecule has 0 atom stereocenters. The molecule has 2 rings (SSSR count). The maximum Gasteiger partial charge on any atom is 0.163 e. The van der Waals surface area contributed by atoms with Crippen LogP contribution in [0.1, 0.15) is 27.9 Å². The molecule has 4 nitrogen and oxygen atoms in total. The van der Waals surface area contributed by atoms with E-state index in [1.165, 1.54) is 5.56 Å². The summed E-state index contributed by atoms with van der Waals surface area (Å²) in [5.41, 5.74) is 8.53. The summed E-state index contributed by atoms with van der Waals surface area (Å²) in [5, 5.41) is 4.09. The van der Waals surface area contributed by atoms with Gasteiger partial charge in [0.15, 0.2) is 5.78 Å². The van der Waals surface area contributed by atoms with Gasteiger partial charge in [-0.1, -0.05) is 24.3 Å². The van der Waals surface area contributed by atoms with Crippen LogP contribution in [0.5, 0.6) is 0 Å². The summed E-state index contributed by atoms with van der Waals surface area (Å²) in [6.07, 6.45) is 5.85. The fraction of sp³-hybridized carbons (Fsp3) is 0.333. The number of carbonyl (C=O) groups excluding carboxylic acids is 1. The minimum absolute atomic E-state index is 0.170. The van der Waals surface area contributed by atoms with E-state index in [-0.39, 0.29) is 5.78 Å². The van der Waals surface area contributed by atoms with Crippen molar-refractivity contribution in [2.75, 3.05) is 6.54 Å². The van der Waals surface area contributed by atoms with Crippen molar-refractivity contribution in [2.24, 2.45) is 12.8 Å². The second kappa shape index (κ2) is 6.29. The first-order valence-electron chi connectivity index (χ1n) is 6.49. The van der Waals surface area contributed by atoms with Gasteiger partial charge in [0.25, 0.3) is 0 Å². The van der Waals surface area contributed by atoms with Gasteiger partial charge in [0, 0.05) is 25.2 Å². The predicted molar refractivity (Wildman–Crippen MR) is 75.1 cm³/mol. The van der Waals surface area contributed by atoms with Crippen LogP contribution in [-0.4, -0.2) is 22.1 Å². The number of hydrogen-bond donors (Lipinski definition) is 1. The maximum atomic E-state index is 12.0. The van der Waals surface area contributed by atoms with Crippen LogP contribution in [-0.2, 0) is 19.9 Å². The zero-order valence-corrected chi connectivity index (χ0v) is 11.2. The third-order valence-corrected chi connectivity index (χ3v) is 3.11. The molecule has 0 aliphatic carbocycles. The van der Waals surface area contributed by atoms with Crippen LogP contribution in [0.15, 0.2) is 36.7 Å². The molecule has 2 aromatic rings. The smallest absolute Gasteiger partial charge is 0.163 e. The van der Waals surface area contributed by atoms with Gasteiger partial charge < -0.3 is 5.73 Å². The molecule has 1 aromatic heterocycles. The average Bonchev–Trinajstić information content (AvgIpc) is 2.83. The van der Waals surface area contributed by atoms with Crippen LogP contribution in [0.3, 0.4) is 0 Å². The van der Waals surface area contributed by atoms with Gasteiger partial charge in [-0.3, -0.25) is 9.48 Å². The number of nitrogens with zero attached hydrogens (tertiary/aromatic N) is 2. The van der Waals surface area contributed by atoms with E-state index in [1.54, 1.807) is 10.9 Å². The van der Waals surface area contributed by atoms with Crippen molar-refractivity contribution < 1.29 is 4.79 Å². The molecule has 0 radical (unpaired) electrons. The molecule has 0 spiro atoms. The van der Waals surface area contributed by atoms with Crippen molar-refractivity contribution in [3.63, 3.8) is 0 Å². The van der Waals surface area contributed by atoms with Gasteiger partial charge in [-0.25, -0.2) is 0 Å². The van der Waals surface area contributed by atoms with Crippen LogP contribution < -0.4 is 5.73 Å². The summed E-state index contributed by atoms with van der Waals surface area (Å²) < 4.78 is 1.75. The van der Waals surface area contributed by atoms with Crippen molar-refractivity contribution in [1.82, 2.24) is 9.78 Å². The molecular formula is C15H19N3O. The first-order chi connectivity index (χ1) is 9.19. The third-order valence-electron chi connectivity index (χ3n) is 3.11. The summed E-state index contributed by atoms with van der Waals surface area (Å²) in [6, 6.07) is 7.72. The number of aromatic nitrogens is 2. The van der Waals surface area contributed by atoms with Gasteiger partial charge in [-0.15, -0.1) is 0 Å². The third kappa shape index (κ3) is 3.76. The number of benzene rings is 1. The number of nitrogens with two attached hydrogens (primary N) is 1. The van der Waals surface area contributed by atoms with Gasteiger partial charge in [0.05, 0.1) is 6.20 Å². The molecule has 1 heterocycles. The Kier molecular flexibility index (Phi) is 4.47. The van der Waals surface area contributed by atoms with Crippen LogP contribution in [0, 0.1) is 0 Å². The molecule has 19 heavy (non-hydrogen) atoms. The summed E-state index contributed by atoms with van der Waals surface area (Å²) in [5.74, 6) is 0.170. The van der Waals surface area contributed by atoms with Crippen LogP contribution in [0.2, 0.25) is 0 Å². The van der Waals surface area contributed by atoms with Gasteiger partial charge in [-0.05, 0) is 30.5 Å². The zero-order valence-electron chi connectivity index (χ0n) is 11.2. The highest BCUT2D eigenvalue weighted by atomic mass is 16.1. The molecular weight excluding hydrogens is 238 g/mol. The maximum absolute atomic E-state index is 12.0. The predicted octanol–water partition coefficient (Wildman–Crippen LogP) is 1.74. The van der Waals surface area contributed by atoms with Gasteiger partial charge >= 0.3 is 0 Å². The normalized spacial score (nSPS) is 10.6. The van der Waals surface area contributed by atoms with Gasteiger partial charge in [0.1, 0.15) is 0 Å². The fourth-order valence-corrected chi connectivity index (χ4v) is 2.03. The highest BCUT2D eigenvalue weighted by molar-refractivity contribution is 5.96. The molecule has 2 N–H and O–H groups in total. The number of hydrogen-bond acceptors (Lipinski definition) is 3. The van der Waals surface area contributed by atoms with Crippen LogP contribution in [0.4, 0.5) is 0 Å². The molecule has 0 amide bonds. The quantitative estimate of drug-likeness (QED) is 0.802. The largest absolute Gasteiger partial charge is 0.330 e. The summed E-state index contributed by atoms with van der Waals surface area (Å²) in [4.78, 5) is 12.0. The first-order valence-corrected chi connectivity index (χ1v) is 6.49. The SMILES string of the molecule is Cn1cc(CCC(=O)c2ccc(CCN)cc2)cn1. The highest BCUT2D eigenvalue weighted by Gasteiger charge is 2.07. The molecule has 100 valence electrons. The number of ketones is 1. The Morgan fingerprint density at radius 1 is 1.21 bits per heavy atom. The molecule has 0 saturated carbocycles. The lowest BCUT2D eigenvalue weighted by atomic mass is 10.0. The van der Waals surface area contributed by atoms with E-state index in [0.717, 1.165) is 24.0 Å². The van der Waals surface area contributed by atoms with Crippen molar-refractivity contribution in [3.8, 4) is 0 Å². The summed E-state index contributed by atoms with van der Waals surface area (Å²) in [6.45, 7) is 0.633. The van der Waals surface area contributed by atoms with Crippen LogP contribution in [0.25, 0.3) is 0 Å². The van der Waals surface area contributed by atoms with Crippen molar-refractivity contribution in [1.29, 1.82) is 0 Å². The van der Waals surface area contributed by atoms with E-state index in [9.17, 15) is 4.79 Å². The van der Waals surface area contributed by atoms with Crippen molar-refractivity contribution >= 4 is 5.78 Å².